The summed E-state index contributed by atoms with van der Waals surface area (Å²) < 4.78 is 77.6. The maximum absolute atomic E-state index is 14.2. The predicted molar refractivity (Wildman–Crippen MR) is 156 cm³/mol. The molecule has 8 nitrogen and oxygen atoms in total. The Kier molecular flexibility index (Phi) is 13.3. The molecule has 0 radical (unpaired) electrons. The van der Waals surface area contributed by atoms with E-state index >= 15 is 0 Å². The standard InChI is InChI=1S/C32H36F4N2O6/c1-23(39)37-29-10-6-25(7-11-29)15-41-19-31(33,34)21-43-17-27-4-3-5-28(14-27)18-44-22-32(35,36)20-42-16-26-8-12-30(13-9-26)38-24(2)40/h3-14H,15-22H2,1-2H3,(H,37,39)(H,38,40). The second-order valence-corrected chi connectivity index (χ2v) is 10.3. The van der Waals surface area contributed by atoms with E-state index < -0.39 is 38.3 Å². The van der Waals surface area contributed by atoms with Crippen molar-refractivity contribution in [3.63, 3.8) is 0 Å². The van der Waals surface area contributed by atoms with E-state index in [1.165, 1.54) is 13.8 Å². The van der Waals surface area contributed by atoms with Crippen molar-refractivity contribution in [3.8, 4) is 0 Å². The molecule has 2 N–H and O–H groups in total. The summed E-state index contributed by atoms with van der Waals surface area (Å²) in [4.78, 5) is 22.1. The van der Waals surface area contributed by atoms with Crippen LogP contribution in [-0.2, 0) is 55.0 Å². The second kappa shape index (κ2) is 16.9. The van der Waals surface area contributed by atoms with Crippen LogP contribution < -0.4 is 10.6 Å². The zero-order valence-corrected chi connectivity index (χ0v) is 24.5. The minimum atomic E-state index is -3.22. The van der Waals surface area contributed by atoms with Crippen molar-refractivity contribution in [2.24, 2.45) is 0 Å². The van der Waals surface area contributed by atoms with Crippen LogP contribution in [-0.4, -0.2) is 50.1 Å². The van der Waals surface area contributed by atoms with Gasteiger partial charge in [0.1, 0.15) is 26.4 Å². The van der Waals surface area contributed by atoms with Crippen LogP contribution in [0.5, 0.6) is 0 Å². The number of ether oxygens (including phenoxy) is 4. The molecule has 0 aliphatic heterocycles. The average molecular weight is 621 g/mol. The molecule has 0 aromatic heterocycles. The molecule has 3 aromatic rings. The first-order valence-electron chi connectivity index (χ1n) is 13.8. The third-order valence-corrected chi connectivity index (χ3v) is 5.87. The lowest BCUT2D eigenvalue weighted by Crippen LogP contribution is -2.30. The number of anilines is 2. The van der Waals surface area contributed by atoms with E-state index in [0.29, 0.717) is 33.6 Å². The van der Waals surface area contributed by atoms with Crippen LogP contribution in [0.25, 0.3) is 0 Å². The van der Waals surface area contributed by atoms with E-state index in [1.54, 1.807) is 72.8 Å². The Balaban J connectivity index is 1.32. The number of benzene rings is 3. The molecule has 0 atom stereocenters. The minimum absolute atomic E-state index is 0.0297. The van der Waals surface area contributed by atoms with E-state index in [0.717, 1.165) is 0 Å². The van der Waals surface area contributed by atoms with Gasteiger partial charge >= 0.3 is 0 Å². The fourth-order valence-electron chi connectivity index (χ4n) is 3.94. The lowest BCUT2D eigenvalue weighted by molar-refractivity contribution is -0.130. The van der Waals surface area contributed by atoms with Crippen molar-refractivity contribution < 1.29 is 46.1 Å². The van der Waals surface area contributed by atoms with Crippen LogP contribution >= 0.6 is 0 Å². The largest absolute Gasteiger partial charge is 0.370 e. The molecule has 0 saturated heterocycles. The molecule has 0 aliphatic carbocycles. The summed E-state index contributed by atoms with van der Waals surface area (Å²) in [5.41, 5.74) is 3.71. The van der Waals surface area contributed by atoms with Gasteiger partial charge < -0.3 is 29.6 Å². The minimum Gasteiger partial charge on any atom is -0.370 e. The van der Waals surface area contributed by atoms with Crippen molar-refractivity contribution in [2.75, 3.05) is 37.1 Å². The Labute approximate surface area is 253 Å². The summed E-state index contributed by atoms with van der Waals surface area (Å²) in [7, 11) is 0. The Morgan fingerprint density at radius 2 is 0.864 bits per heavy atom. The highest BCUT2D eigenvalue weighted by Gasteiger charge is 2.30. The first-order valence-corrected chi connectivity index (χ1v) is 13.8. The van der Waals surface area contributed by atoms with Crippen LogP contribution in [0.2, 0.25) is 0 Å². The third-order valence-electron chi connectivity index (χ3n) is 5.87. The summed E-state index contributed by atoms with van der Waals surface area (Å²) in [6, 6.07) is 19.9. The number of hydrogen-bond acceptors (Lipinski definition) is 6. The van der Waals surface area contributed by atoms with Crippen LogP contribution in [0.3, 0.4) is 0 Å². The fraction of sp³-hybridized carbons (Fsp3) is 0.375. The third kappa shape index (κ3) is 13.6. The van der Waals surface area contributed by atoms with E-state index in [9.17, 15) is 27.2 Å². The molecule has 0 fully saturated rings. The molecular formula is C32H36F4N2O6. The molecule has 44 heavy (non-hydrogen) atoms. The molecule has 0 aliphatic rings. The Hall–Kier alpha value is -3.84. The Morgan fingerprint density at radius 3 is 1.18 bits per heavy atom. The maximum Gasteiger partial charge on any atom is 0.293 e. The summed E-state index contributed by atoms with van der Waals surface area (Å²) in [5.74, 6) is -6.87. The molecule has 0 bridgehead atoms. The normalized spacial score (nSPS) is 11.8. The molecular weight excluding hydrogens is 584 g/mol. The zero-order chi connectivity index (χ0) is 32.0. The topological polar surface area (TPSA) is 95.1 Å². The van der Waals surface area contributed by atoms with Crippen LogP contribution in [0, 0.1) is 0 Å². The highest BCUT2D eigenvalue weighted by Crippen LogP contribution is 2.20. The summed E-state index contributed by atoms with van der Waals surface area (Å²) in [6.45, 7) is -0.893. The number of halogens is 4. The van der Waals surface area contributed by atoms with E-state index in [-0.39, 0.29) is 38.2 Å². The van der Waals surface area contributed by atoms with Gasteiger partial charge in [-0.1, -0.05) is 48.5 Å². The highest BCUT2D eigenvalue weighted by molar-refractivity contribution is 5.89. The highest BCUT2D eigenvalue weighted by atomic mass is 19.3. The van der Waals surface area contributed by atoms with E-state index in [2.05, 4.69) is 10.6 Å². The van der Waals surface area contributed by atoms with Crippen LogP contribution in [0.4, 0.5) is 28.9 Å². The number of alkyl halides is 4. The van der Waals surface area contributed by atoms with E-state index in [1.807, 2.05) is 0 Å². The molecule has 2 amide bonds. The monoisotopic (exact) mass is 620 g/mol. The van der Waals surface area contributed by atoms with Crippen molar-refractivity contribution in [2.45, 2.75) is 52.1 Å². The van der Waals surface area contributed by atoms with Gasteiger partial charge in [-0.3, -0.25) is 9.59 Å². The van der Waals surface area contributed by atoms with E-state index in [4.69, 9.17) is 18.9 Å². The van der Waals surface area contributed by atoms with Gasteiger partial charge in [-0.2, -0.15) is 0 Å². The predicted octanol–water partition coefficient (Wildman–Crippen LogP) is 6.34. The molecule has 12 heteroatoms. The first kappa shape index (κ1) is 34.6. The van der Waals surface area contributed by atoms with Crippen molar-refractivity contribution in [1.82, 2.24) is 0 Å². The Morgan fingerprint density at radius 1 is 0.545 bits per heavy atom. The molecule has 238 valence electrons. The van der Waals surface area contributed by atoms with Gasteiger partial charge in [-0.25, -0.2) is 17.6 Å². The molecule has 0 spiro atoms. The molecule has 0 heterocycles. The van der Waals surface area contributed by atoms with Crippen molar-refractivity contribution in [1.29, 1.82) is 0 Å². The van der Waals surface area contributed by atoms with Gasteiger partial charge in [0.25, 0.3) is 11.8 Å². The number of rotatable bonds is 18. The van der Waals surface area contributed by atoms with Gasteiger partial charge in [0.2, 0.25) is 11.8 Å². The van der Waals surface area contributed by atoms with Gasteiger partial charge in [0.05, 0.1) is 26.4 Å². The summed E-state index contributed by atoms with van der Waals surface area (Å²) in [6.07, 6.45) is 0. The lowest BCUT2D eigenvalue weighted by Gasteiger charge is -2.18. The lowest BCUT2D eigenvalue weighted by atomic mass is 10.1. The molecule has 3 aromatic carbocycles. The molecule has 0 saturated carbocycles. The molecule has 0 unspecified atom stereocenters. The second-order valence-electron chi connectivity index (χ2n) is 10.3. The SMILES string of the molecule is CC(=O)Nc1ccc(COCC(F)(F)COCc2cccc(COCC(F)(F)COCc3ccc(NC(C)=O)cc3)c2)cc1. The van der Waals surface area contributed by atoms with Gasteiger partial charge in [-0.05, 0) is 46.5 Å². The number of nitrogens with one attached hydrogen (secondary N) is 2. The summed E-state index contributed by atoms with van der Waals surface area (Å²) in [5, 5.41) is 5.24. The average Bonchev–Trinajstić information content (AvgIpc) is 2.94. The quantitative estimate of drug-likeness (QED) is 0.161. The number of hydrogen-bond donors (Lipinski definition) is 2. The number of carbonyl (C=O) groups is 2. The number of carbonyl (C=O) groups excluding carboxylic acids is 2. The van der Waals surface area contributed by atoms with Crippen molar-refractivity contribution in [3.05, 3.63) is 95.1 Å². The summed E-state index contributed by atoms with van der Waals surface area (Å²) >= 11 is 0. The van der Waals surface area contributed by atoms with Crippen LogP contribution in [0.1, 0.15) is 36.1 Å². The van der Waals surface area contributed by atoms with Gasteiger partial charge in [0, 0.05) is 25.2 Å². The number of amides is 2. The first-order chi connectivity index (χ1) is 20.9. The zero-order valence-electron chi connectivity index (χ0n) is 24.5. The van der Waals surface area contributed by atoms with Crippen molar-refractivity contribution >= 4 is 23.2 Å². The fourth-order valence-corrected chi connectivity index (χ4v) is 3.94. The van der Waals surface area contributed by atoms with Gasteiger partial charge in [-0.15, -0.1) is 0 Å². The maximum atomic E-state index is 14.2. The van der Waals surface area contributed by atoms with Crippen LogP contribution in [0.15, 0.2) is 72.8 Å². The Bertz CT molecular complexity index is 1240. The molecule has 3 rings (SSSR count). The smallest absolute Gasteiger partial charge is 0.293 e. The van der Waals surface area contributed by atoms with Gasteiger partial charge in [0.15, 0.2) is 0 Å².